The van der Waals surface area contributed by atoms with Gasteiger partial charge in [-0.2, -0.15) is 4.39 Å². The van der Waals surface area contributed by atoms with Gasteiger partial charge in [0.05, 0.1) is 9.85 Å². The van der Waals surface area contributed by atoms with Gasteiger partial charge >= 0.3 is 5.69 Å². The minimum Gasteiger partial charge on any atom is -0.363 e. The fraction of sp³-hybridized carbons (Fsp3) is 0.625. The zero-order chi connectivity index (χ0) is 35.5. The second-order valence-corrected chi connectivity index (χ2v) is 13.3. The van der Waals surface area contributed by atoms with Crippen molar-refractivity contribution in [2.75, 3.05) is 17.9 Å². The van der Waals surface area contributed by atoms with E-state index in [4.69, 9.17) is 5.48 Å². The van der Waals surface area contributed by atoms with E-state index < -0.39 is 34.3 Å². The van der Waals surface area contributed by atoms with E-state index in [1.165, 1.54) is 31.4 Å². The van der Waals surface area contributed by atoms with E-state index in [-0.39, 0.29) is 23.6 Å². The molecule has 0 radical (unpaired) electrons. The van der Waals surface area contributed by atoms with Gasteiger partial charge in [0.25, 0.3) is 5.69 Å². The molecular weight excluding hydrogens is 683 g/mol. The number of rotatable bonds is 9. The van der Waals surface area contributed by atoms with Crippen LogP contribution in [0.5, 0.6) is 0 Å². The van der Waals surface area contributed by atoms with Gasteiger partial charge in [-0.25, -0.2) is 0 Å². The lowest BCUT2D eigenvalue weighted by Crippen LogP contribution is -2.39. The smallest absolute Gasteiger partial charge is 0.305 e. The molecule has 240 valence electrons. The second-order valence-electron chi connectivity index (χ2n) is 11.5. The number of nitrogens with zero attached hydrogens (tertiary/aromatic N) is 3. The van der Waals surface area contributed by atoms with Crippen LogP contribution in [0.25, 0.3) is 0 Å². The van der Waals surface area contributed by atoms with Crippen molar-refractivity contribution in [3.63, 3.8) is 0 Å². The average molecular weight is 735 g/mol. The number of halogens is 3. The molecule has 2 aliphatic carbocycles. The molecule has 4 rings (SSSR count). The van der Waals surface area contributed by atoms with Gasteiger partial charge < -0.3 is 10.2 Å². The van der Waals surface area contributed by atoms with E-state index in [1.807, 2.05) is 27.7 Å². The number of benzene rings is 2. The summed E-state index contributed by atoms with van der Waals surface area (Å²) >= 11 is 6.27. The Bertz CT molecular complexity index is 1330. The van der Waals surface area contributed by atoms with Crippen LogP contribution in [-0.2, 0) is 0 Å². The molecule has 0 saturated heterocycles. The van der Waals surface area contributed by atoms with E-state index in [0.717, 1.165) is 57.1 Å². The van der Waals surface area contributed by atoms with Gasteiger partial charge in [-0.05, 0) is 68.3 Å². The predicted octanol–water partition coefficient (Wildman–Crippen LogP) is 10.2. The lowest BCUT2D eigenvalue weighted by molar-refractivity contribution is -0.387. The summed E-state index contributed by atoms with van der Waals surface area (Å²) in [6, 6.07) is 8.85. The molecule has 11 heteroatoms. The van der Waals surface area contributed by atoms with Crippen LogP contribution < -0.4 is 10.2 Å². The van der Waals surface area contributed by atoms with Crippen LogP contribution in [0.2, 0.25) is 0 Å². The first-order valence-corrected chi connectivity index (χ1v) is 16.6. The highest BCUT2D eigenvalue weighted by atomic mass is 79.9. The predicted molar refractivity (Wildman–Crippen MR) is 180 cm³/mol. The van der Waals surface area contributed by atoms with Crippen LogP contribution in [0, 0.1) is 37.9 Å². The summed E-state index contributed by atoms with van der Waals surface area (Å²) in [5.74, 6) is -1.04. The van der Waals surface area contributed by atoms with E-state index in [0.29, 0.717) is 20.7 Å². The van der Waals surface area contributed by atoms with Gasteiger partial charge in [-0.15, -0.1) is 0 Å². The third-order valence-electron chi connectivity index (χ3n) is 7.02. The molecule has 0 spiro atoms. The molecule has 2 saturated carbocycles. The summed E-state index contributed by atoms with van der Waals surface area (Å²) in [4.78, 5) is 22.1. The summed E-state index contributed by atoms with van der Waals surface area (Å²) in [5, 5.41) is 24.7. The van der Waals surface area contributed by atoms with Crippen molar-refractivity contribution >= 4 is 48.9 Å². The summed E-state index contributed by atoms with van der Waals surface area (Å²) in [5.41, 5.74) is -0.183. The molecule has 0 aromatic heterocycles. The molecule has 1 N–H and O–H groups in total. The first-order chi connectivity index (χ1) is 21.9. The molecule has 0 heterocycles. The molecule has 0 aliphatic heterocycles. The maximum Gasteiger partial charge on any atom is 0.305 e. The molecule has 0 bridgehead atoms. The van der Waals surface area contributed by atoms with E-state index in [1.54, 1.807) is 17.0 Å². The highest BCUT2D eigenvalue weighted by molar-refractivity contribution is 9.10. The Morgan fingerprint density at radius 2 is 1.37 bits per heavy atom. The molecule has 0 amide bonds. The zero-order valence-electron chi connectivity index (χ0n) is 29.5. The van der Waals surface area contributed by atoms with Crippen LogP contribution in [0.3, 0.4) is 0 Å². The average Bonchev–Trinajstić information content (AvgIpc) is 3.00. The first kappa shape index (κ1) is 30.9. The molecule has 0 unspecified atom stereocenters. The Balaban J connectivity index is 0.000000270. The molecule has 2 aliphatic rings. The highest BCUT2D eigenvalue weighted by Crippen LogP contribution is 2.36. The molecule has 2 fully saturated rings. The number of hydrogen-bond acceptors (Lipinski definition) is 6. The monoisotopic (exact) mass is 732 g/mol. The van der Waals surface area contributed by atoms with Crippen LogP contribution in [-0.4, -0.2) is 34.9 Å². The number of nitro groups is 2. The maximum atomic E-state index is 12.6. The van der Waals surface area contributed by atoms with Crippen molar-refractivity contribution in [1.29, 1.82) is 0 Å². The molecule has 8 nitrogen and oxygen atoms in total. The van der Waals surface area contributed by atoms with Crippen LogP contribution in [0.1, 0.15) is 97.4 Å². The summed E-state index contributed by atoms with van der Waals surface area (Å²) in [6.45, 7) is 4.66. The van der Waals surface area contributed by atoms with Gasteiger partial charge in [0.1, 0.15) is 5.69 Å². The van der Waals surface area contributed by atoms with Crippen LogP contribution >= 0.6 is 31.9 Å². The van der Waals surface area contributed by atoms with Gasteiger partial charge in [0.15, 0.2) is 0 Å². The number of nitro benzene ring substituents is 2. The lowest BCUT2D eigenvalue weighted by atomic mass is 9.93. The van der Waals surface area contributed by atoms with E-state index in [9.17, 15) is 24.6 Å². The summed E-state index contributed by atoms with van der Waals surface area (Å²) in [6.07, 6.45) is 11.1. The Kier molecular flexibility index (Phi) is 13.9. The molecular formula is C32H47Br2FN4O4. The molecule has 2 aromatic carbocycles. The van der Waals surface area contributed by atoms with Crippen LogP contribution in [0.4, 0.5) is 21.5 Å². The van der Waals surface area contributed by atoms with Crippen molar-refractivity contribution in [1.82, 2.24) is 5.32 Å². The fourth-order valence-corrected chi connectivity index (χ4v) is 5.69. The Morgan fingerprint density at radius 1 is 0.860 bits per heavy atom. The normalized spacial score (nSPS) is 17.8. The SMILES string of the molecule is O=[N+]([O-])c1cc(Br)ccc1F.[2H]C([2H])(C(C)C)N(c1ccc(Br)cc1[N+](=O)[O-])C1CCCCC1.[2H]C([2H])(NC1CCCCC1)C(C)C. The number of nitrogens with one attached hydrogen (secondary N) is 1. The molecule has 43 heavy (non-hydrogen) atoms. The summed E-state index contributed by atoms with van der Waals surface area (Å²) in [7, 11) is 0. The maximum absolute atomic E-state index is 12.6. The van der Waals surface area contributed by atoms with Crippen molar-refractivity contribution < 1.29 is 19.7 Å². The van der Waals surface area contributed by atoms with Gasteiger partial charge in [-0.3, -0.25) is 20.2 Å². The van der Waals surface area contributed by atoms with Crippen molar-refractivity contribution in [2.45, 2.75) is 104 Å². The Hall–Kier alpha value is -2.11. The molecule has 0 atom stereocenters. The van der Waals surface area contributed by atoms with Gasteiger partial charge in [-0.1, -0.05) is 98.1 Å². The highest BCUT2D eigenvalue weighted by Gasteiger charge is 2.27. The Morgan fingerprint density at radius 3 is 1.86 bits per heavy atom. The zero-order valence-corrected chi connectivity index (χ0v) is 28.6. The molecule has 2 aromatic rings. The standard InChI is InChI=1S/C16H23BrN2O2.C10H21N.C6H3BrFNO2/c1-12(2)11-18(14-6-4-3-5-7-14)15-9-8-13(17)10-16(15)19(20)21;1-9(2)8-11-10-6-4-3-5-7-10;7-4-1-2-5(8)6(3-4)9(10)11/h8-10,12,14H,3-7,11H2,1-2H3;9-11H,3-8H2,1-2H3;1-3H/i11D2;8D2;. The van der Waals surface area contributed by atoms with Crippen LogP contribution in [0.15, 0.2) is 45.3 Å². The van der Waals surface area contributed by atoms with Gasteiger partial charge in [0, 0.05) is 45.1 Å². The van der Waals surface area contributed by atoms with E-state index >= 15 is 0 Å². The second kappa shape index (κ2) is 19.3. The quantitative estimate of drug-likeness (QED) is 0.203. The van der Waals surface area contributed by atoms with Gasteiger partial charge in [0.2, 0.25) is 5.82 Å². The van der Waals surface area contributed by atoms with E-state index in [2.05, 4.69) is 37.2 Å². The topological polar surface area (TPSA) is 102 Å². The van der Waals surface area contributed by atoms with Crippen molar-refractivity contribution in [2.24, 2.45) is 11.8 Å². The lowest BCUT2D eigenvalue weighted by Gasteiger charge is -2.37. The summed E-state index contributed by atoms with van der Waals surface area (Å²) < 4.78 is 46.3. The first-order valence-electron chi connectivity index (χ1n) is 17.0. The minimum atomic E-state index is -1.64. The number of anilines is 1. The Labute approximate surface area is 278 Å². The largest absolute Gasteiger partial charge is 0.363 e. The third-order valence-corrected chi connectivity index (χ3v) is 8.00. The number of hydrogen-bond donors (Lipinski definition) is 1. The van der Waals surface area contributed by atoms with Crippen molar-refractivity contribution in [3.8, 4) is 0 Å². The minimum absolute atomic E-state index is 0.000950. The van der Waals surface area contributed by atoms with Crippen molar-refractivity contribution in [3.05, 3.63) is 71.4 Å². The fourth-order valence-electron chi connectivity index (χ4n) is 4.99. The third kappa shape index (κ3) is 13.6.